The van der Waals surface area contributed by atoms with Crippen LogP contribution in [0.15, 0.2) is 24.3 Å². The second-order valence-corrected chi connectivity index (χ2v) is 12.1. The van der Waals surface area contributed by atoms with Gasteiger partial charge in [0.25, 0.3) is 0 Å². The fourth-order valence-corrected chi connectivity index (χ4v) is 5.23. The maximum Gasteiger partial charge on any atom is 0.330 e. The Bertz CT molecular complexity index is 900. The maximum absolute atomic E-state index is 11.9. The van der Waals surface area contributed by atoms with E-state index in [1.165, 1.54) is 122 Å². The molecule has 3 N–H and O–H groups in total. The van der Waals surface area contributed by atoms with Crippen molar-refractivity contribution in [2.75, 3.05) is 26.9 Å². The number of aliphatic hydroxyl groups excluding tert-OH is 2. The highest BCUT2D eigenvalue weighted by atomic mass is 16.5. The molecule has 0 aliphatic rings. The van der Waals surface area contributed by atoms with E-state index in [9.17, 15) is 14.7 Å². The zero-order valence-corrected chi connectivity index (χ0v) is 28.0. The van der Waals surface area contributed by atoms with Gasteiger partial charge in [-0.1, -0.05) is 128 Å². The van der Waals surface area contributed by atoms with Crippen LogP contribution >= 0.6 is 0 Å². The van der Waals surface area contributed by atoms with Crippen molar-refractivity contribution in [2.24, 2.45) is 0 Å². The molecule has 1 rings (SSSR count). The number of benzene rings is 1. The SMILES string of the molecule is COc1cc(/C=C/C(=O)OCCCCCCCCCCCCCCCCCCCCCCCC(=O)OC[C@@H](O)CO)ccc1O. The number of hydrogen-bond donors (Lipinski definition) is 3. The molecule has 0 saturated heterocycles. The lowest BCUT2D eigenvalue weighted by molar-refractivity contribution is -0.147. The first kappa shape index (κ1) is 40.4. The average Bonchev–Trinajstić information content (AvgIpc) is 3.05. The molecule has 258 valence electrons. The van der Waals surface area contributed by atoms with Gasteiger partial charge >= 0.3 is 11.9 Å². The summed E-state index contributed by atoms with van der Waals surface area (Å²) in [5.41, 5.74) is 0.764. The van der Waals surface area contributed by atoms with E-state index in [1.807, 2.05) is 0 Å². The molecular weight excluding hydrogens is 572 g/mol. The van der Waals surface area contributed by atoms with Crippen molar-refractivity contribution in [3.63, 3.8) is 0 Å². The second kappa shape index (κ2) is 28.9. The minimum atomic E-state index is -0.974. The van der Waals surface area contributed by atoms with Gasteiger partial charge in [0.15, 0.2) is 11.5 Å². The average molecular weight is 635 g/mol. The Morgan fingerprint density at radius 1 is 0.711 bits per heavy atom. The molecule has 1 atom stereocenters. The van der Waals surface area contributed by atoms with E-state index in [1.54, 1.807) is 18.2 Å². The summed E-state index contributed by atoms with van der Waals surface area (Å²) in [7, 11) is 1.49. The van der Waals surface area contributed by atoms with Gasteiger partial charge in [-0.25, -0.2) is 4.79 Å². The molecule has 0 spiro atoms. The first-order valence-corrected chi connectivity index (χ1v) is 17.6. The summed E-state index contributed by atoms with van der Waals surface area (Å²) < 4.78 is 15.3. The van der Waals surface area contributed by atoms with Gasteiger partial charge in [-0.15, -0.1) is 0 Å². The molecule has 0 aliphatic carbocycles. The van der Waals surface area contributed by atoms with Gasteiger partial charge in [0, 0.05) is 12.5 Å². The van der Waals surface area contributed by atoms with Gasteiger partial charge in [-0.05, 0) is 36.6 Å². The van der Waals surface area contributed by atoms with Crippen molar-refractivity contribution < 1.29 is 39.1 Å². The van der Waals surface area contributed by atoms with E-state index < -0.39 is 6.10 Å². The van der Waals surface area contributed by atoms with Crippen molar-refractivity contribution in [2.45, 2.75) is 147 Å². The van der Waals surface area contributed by atoms with Crippen LogP contribution in [-0.2, 0) is 19.1 Å². The summed E-state index contributed by atoms with van der Waals surface area (Å²) in [6, 6.07) is 4.92. The molecule has 8 heteroatoms. The van der Waals surface area contributed by atoms with Crippen LogP contribution in [0.1, 0.15) is 147 Å². The van der Waals surface area contributed by atoms with Crippen LogP contribution in [0.4, 0.5) is 0 Å². The predicted molar refractivity (Wildman–Crippen MR) is 180 cm³/mol. The number of esters is 2. The quantitative estimate of drug-likeness (QED) is 0.0438. The molecule has 0 aliphatic heterocycles. The minimum absolute atomic E-state index is 0.0686. The minimum Gasteiger partial charge on any atom is -0.504 e. The van der Waals surface area contributed by atoms with Crippen molar-refractivity contribution in [1.29, 1.82) is 0 Å². The van der Waals surface area contributed by atoms with Crippen molar-refractivity contribution >= 4 is 18.0 Å². The Labute approximate surface area is 272 Å². The van der Waals surface area contributed by atoms with Gasteiger partial charge in [0.05, 0.1) is 20.3 Å². The molecule has 0 amide bonds. The second-order valence-electron chi connectivity index (χ2n) is 12.1. The Morgan fingerprint density at radius 2 is 1.18 bits per heavy atom. The Kier molecular flexibility index (Phi) is 25.9. The predicted octanol–water partition coefficient (Wildman–Crippen LogP) is 8.44. The lowest BCUT2D eigenvalue weighted by Gasteiger charge is -2.08. The van der Waals surface area contributed by atoms with E-state index in [0.717, 1.165) is 37.7 Å². The molecule has 0 bridgehead atoms. The molecule has 8 nitrogen and oxygen atoms in total. The molecule has 45 heavy (non-hydrogen) atoms. The molecule has 1 aromatic carbocycles. The third-order valence-electron chi connectivity index (χ3n) is 8.03. The topological polar surface area (TPSA) is 123 Å². The lowest BCUT2D eigenvalue weighted by Crippen LogP contribution is -2.21. The highest BCUT2D eigenvalue weighted by Gasteiger charge is 2.07. The van der Waals surface area contributed by atoms with Gasteiger partial charge in [0.1, 0.15) is 12.7 Å². The van der Waals surface area contributed by atoms with Crippen LogP contribution in [0, 0.1) is 0 Å². The number of carbonyl (C=O) groups excluding carboxylic acids is 2. The van der Waals surface area contributed by atoms with Crippen molar-refractivity contribution in [1.82, 2.24) is 0 Å². The fraction of sp³-hybridized carbons (Fsp3) is 0.730. The first-order valence-electron chi connectivity index (χ1n) is 17.6. The summed E-state index contributed by atoms with van der Waals surface area (Å²) in [4.78, 5) is 23.4. The standard InChI is InChI=1S/C37H62O8/c1-43-35-29-32(24-26-34(35)40)25-27-37(42)44-28-22-20-18-16-14-12-10-8-6-4-2-3-5-7-9-11-13-15-17-19-21-23-36(41)45-31-33(39)30-38/h24-27,29,33,38-40H,2-23,28,30-31H2,1H3/b27-25+/t33-/m0/s1. The Morgan fingerprint density at radius 3 is 1.64 bits per heavy atom. The highest BCUT2D eigenvalue weighted by Crippen LogP contribution is 2.26. The zero-order valence-electron chi connectivity index (χ0n) is 28.0. The van der Waals surface area contributed by atoms with Crippen LogP contribution in [-0.4, -0.2) is 60.3 Å². The monoisotopic (exact) mass is 634 g/mol. The summed E-state index contributed by atoms with van der Waals surface area (Å²) >= 11 is 0. The Balaban J connectivity index is 1.76. The van der Waals surface area contributed by atoms with Crippen molar-refractivity contribution in [3.05, 3.63) is 29.8 Å². The maximum atomic E-state index is 11.9. The number of rotatable bonds is 30. The number of methoxy groups -OCH3 is 1. The number of aliphatic hydroxyl groups is 2. The molecule has 0 radical (unpaired) electrons. The smallest absolute Gasteiger partial charge is 0.330 e. The normalized spacial score (nSPS) is 12.0. The third kappa shape index (κ3) is 24.3. The molecule has 0 unspecified atom stereocenters. The summed E-state index contributed by atoms with van der Waals surface area (Å²) in [5.74, 6) is -0.201. The van der Waals surface area contributed by atoms with E-state index in [4.69, 9.17) is 24.4 Å². The van der Waals surface area contributed by atoms with E-state index in [-0.39, 0.29) is 30.9 Å². The lowest BCUT2D eigenvalue weighted by atomic mass is 10.0. The molecule has 0 saturated carbocycles. The van der Waals surface area contributed by atoms with E-state index >= 15 is 0 Å². The third-order valence-corrected chi connectivity index (χ3v) is 8.03. The molecule has 1 aromatic rings. The number of aromatic hydroxyl groups is 1. The number of unbranched alkanes of at least 4 members (excludes halogenated alkanes) is 20. The number of ether oxygens (including phenoxy) is 3. The summed E-state index contributed by atoms with van der Waals surface area (Å²) in [6.07, 6.45) is 28.6. The number of carbonyl (C=O) groups is 2. The first-order chi connectivity index (χ1) is 22.0. The van der Waals surface area contributed by atoms with E-state index in [2.05, 4.69) is 0 Å². The molecule has 0 fully saturated rings. The van der Waals surface area contributed by atoms with Crippen LogP contribution in [0.25, 0.3) is 6.08 Å². The van der Waals surface area contributed by atoms with Crippen LogP contribution in [0.2, 0.25) is 0 Å². The summed E-state index contributed by atoms with van der Waals surface area (Å²) in [6.45, 7) is -0.0530. The van der Waals surface area contributed by atoms with Crippen LogP contribution in [0.3, 0.4) is 0 Å². The largest absolute Gasteiger partial charge is 0.504 e. The number of phenolic OH excluding ortho intramolecular Hbond substituents is 1. The van der Waals surface area contributed by atoms with Crippen LogP contribution in [0.5, 0.6) is 11.5 Å². The number of hydrogen-bond acceptors (Lipinski definition) is 8. The summed E-state index contributed by atoms with van der Waals surface area (Å²) in [5, 5.41) is 27.5. The highest BCUT2D eigenvalue weighted by molar-refractivity contribution is 5.87. The van der Waals surface area contributed by atoms with Crippen molar-refractivity contribution in [3.8, 4) is 11.5 Å². The molecular formula is C37H62O8. The van der Waals surface area contributed by atoms with Crippen LogP contribution < -0.4 is 4.74 Å². The molecule has 0 heterocycles. The number of phenols is 1. The van der Waals surface area contributed by atoms with Gasteiger partial charge in [0.2, 0.25) is 0 Å². The van der Waals surface area contributed by atoms with Gasteiger partial charge < -0.3 is 29.5 Å². The van der Waals surface area contributed by atoms with Gasteiger partial charge in [-0.2, -0.15) is 0 Å². The zero-order chi connectivity index (χ0) is 32.8. The molecule has 0 aromatic heterocycles. The van der Waals surface area contributed by atoms with E-state index in [0.29, 0.717) is 18.8 Å². The van der Waals surface area contributed by atoms with Gasteiger partial charge in [-0.3, -0.25) is 4.79 Å². The fourth-order valence-electron chi connectivity index (χ4n) is 5.23. The Hall–Kier alpha value is -2.58.